The van der Waals surface area contributed by atoms with Crippen LogP contribution in [0.4, 0.5) is 0 Å². The van der Waals surface area contributed by atoms with E-state index in [1.54, 1.807) is 18.2 Å². The number of thiophene rings is 1. The second-order valence-corrected chi connectivity index (χ2v) is 12.4. The van der Waals surface area contributed by atoms with Gasteiger partial charge in [-0.1, -0.05) is 54.1 Å². The molecule has 7 nitrogen and oxygen atoms in total. The molecule has 2 atom stereocenters. The van der Waals surface area contributed by atoms with Gasteiger partial charge in [-0.2, -0.15) is 4.72 Å². The van der Waals surface area contributed by atoms with Crippen molar-refractivity contribution in [1.82, 2.24) is 9.62 Å². The fourth-order valence-electron chi connectivity index (χ4n) is 4.91. The molecule has 5 rings (SSSR count). The van der Waals surface area contributed by atoms with Crippen LogP contribution in [0, 0.1) is 0 Å². The third-order valence-electron chi connectivity index (χ3n) is 6.83. The van der Waals surface area contributed by atoms with Crippen molar-refractivity contribution in [1.29, 1.82) is 0 Å². The number of hydrogen-bond acceptors (Lipinski definition) is 6. The first kappa shape index (κ1) is 24.4. The summed E-state index contributed by atoms with van der Waals surface area (Å²) < 4.78 is 35.1. The molecule has 2 aliphatic rings. The maximum atomic E-state index is 13.5. The fourth-order valence-corrected chi connectivity index (χ4v) is 7.77. The molecule has 0 amide bonds. The van der Waals surface area contributed by atoms with Gasteiger partial charge in [-0.15, -0.1) is 11.3 Å². The molecule has 0 spiro atoms. The molecular formula is C25H25ClN2O5S2. The molecule has 1 aromatic heterocycles. The Bertz CT molecular complexity index is 1320. The van der Waals surface area contributed by atoms with E-state index in [1.807, 2.05) is 42.5 Å². The first-order valence-corrected chi connectivity index (χ1v) is 13.9. The van der Waals surface area contributed by atoms with Gasteiger partial charge in [-0.3, -0.25) is 9.69 Å². The highest BCUT2D eigenvalue weighted by Crippen LogP contribution is 2.59. The third-order valence-corrected chi connectivity index (χ3v) is 10.2. The summed E-state index contributed by atoms with van der Waals surface area (Å²) in [6, 6.07) is 19.7. The van der Waals surface area contributed by atoms with Gasteiger partial charge < -0.3 is 9.84 Å². The molecule has 0 radical (unpaired) electrons. The van der Waals surface area contributed by atoms with Gasteiger partial charge in [0, 0.05) is 34.9 Å². The predicted molar refractivity (Wildman–Crippen MR) is 135 cm³/mol. The number of carboxylic acids is 1. The van der Waals surface area contributed by atoms with Gasteiger partial charge in [0.2, 0.25) is 0 Å². The first-order chi connectivity index (χ1) is 16.8. The average Bonchev–Trinajstić information content (AvgIpc) is 3.22. The molecule has 184 valence electrons. The molecule has 10 heteroatoms. The molecule has 1 aliphatic heterocycles. The van der Waals surface area contributed by atoms with Crippen LogP contribution in [-0.2, 0) is 25.0 Å². The van der Waals surface area contributed by atoms with E-state index in [1.165, 1.54) is 6.07 Å². The summed E-state index contributed by atoms with van der Waals surface area (Å²) >= 11 is 7.06. The van der Waals surface area contributed by atoms with Crippen LogP contribution in [0.1, 0.15) is 12.0 Å². The number of halogens is 1. The van der Waals surface area contributed by atoms with E-state index >= 15 is 0 Å². The summed E-state index contributed by atoms with van der Waals surface area (Å²) in [6.07, 6.45) is 0.172. The highest BCUT2D eigenvalue weighted by atomic mass is 35.5. The number of nitrogens with one attached hydrogen (secondary N) is 1. The Morgan fingerprint density at radius 3 is 2.40 bits per heavy atom. The van der Waals surface area contributed by atoms with Crippen LogP contribution in [0.15, 0.2) is 70.9 Å². The van der Waals surface area contributed by atoms with Gasteiger partial charge in [0.15, 0.2) is 0 Å². The Hall–Kier alpha value is -2.27. The van der Waals surface area contributed by atoms with Crippen LogP contribution >= 0.6 is 22.9 Å². The zero-order valence-electron chi connectivity index (χ0n) is 18.8. The molecule has 1 saturated heterocycles. The largest absolute Gasteiger partial charge is 0.480 e. The molecule has 2 fully saturated rings. The van der Waals surface area contributed by atoms with E-state index in [4.69, 9.17) is 16.3 Å². The van der Waals surface area contributed by atoms with Gasteiger partial charge in [0.25, 0.3) is 10.0 Å². The van der Waals surface area contributed by atoms with Crippen LogP contribution in [0.5, 0.6) is 0 Å². The Kier molecular flexibility index (Phi) is 6.50. The normalized spacial score (nSPS) is 24.8. The first-order valence-electron chi connectivity index (χ1n) is 11.2. The zero-order valence-corrected chi connectivity index (χ0v) is 21.2. The van der Waals surface area contributed by atoms with Crippen LogP contribution in [0.3, 0.4) is 0 Å². The molecule has 1 saturated carbocycles. The Balaban J connectivity index is 1.48. The van der Waals surface area contributed by atoms with Crippen LogP contribution in [0.2, 0.25) is 5.02 Å². The summed E-state index contributed by atoms with van der Waals surface area (Å²) in [6.45, 7) is 2.91. The van der Waals surface area contributed by atoms with Crippen molar-refractivity contribution in [2.75, 3.05) is 32.8 Å². The maximum Gasteiger partial charge on any atom is 0.325 e. The van der Waals surface area contributed by atoms with Gasteiger partial charge >= 0.3 is 5.97 Å². The average molecular weight is 533 g/mol. The molecule has 2 aromatic carbocycles. The number of carboxylic acid groups (broad SMARTS) is 1. The summed E-state index contributed by atoms with van der Waals surface area (Å²) in [4.78, 5) is 15.6. The number of benzene rings is 2. The van der Waals surface area contributed by atoms with Crippen molar-refractivity contribution < 1.29 is 23.1 Å². The summed E-state index contributed by atoms with van der Waals surface area (Å²) in [5, 5.41) is 11.0. The number of carbonyl (C=O) groups is 1. The summed E-state index contributed by atoms with van der Waals surface area (Å²) in [5.74, 6) is -1.17. The van der Waals surface area contributed by atoms with E-state index in [0.29, 0.717) is 37.9 Å². The lowest BCUT2D eigenvalue weighted by Crippen LogP contribution is -2.52. The Morgan fingerprint density at radius 1 is 1.06 bits per heavy atom. The fraction of sp³-hybridized carbons (Fsp3) is 0.320. The van der Waals surface area contributed by atoms with E-state index in [9.17, 15) is 18.3 Å². The minimum absolute atomic E-state index is 0.0725. The lowest BCUT2D eigenvalue weighted by Gasteiger charge is -2.33. The molecule has 1 aliphatic carbocycles. The SMILES string of the molecule is O=C(O)C1(NS(=O)(=O)c2ccc(-c3ccc(Cl)cc3)s2)C[C@@]1(CN1CCOCC1)c1ccccc1. The van der Waals surface area contributed by atoms with Crippen molar-refractivity contribution in [3.63, 3.8) is 0 Å². The smallest absolute Gasteiger partial charge is 0.325 e. The lowest BCUT2D eigenvalue weighted by molar-refractivity contribution is -0.141. The second kappa shape index (κ2) is 9.31. The monoisotopic (exact) mass is 532 g/mol. The van der Waals surface area contributed by atoms with E-state index in [-0.39, 0.29) is 10.6 Å². The number of morpholine rings is 1. The lowest BCUT2D eigenvalue weighted by atomic mass is 9.89. The Morgan fingerprint density at radius 2 is 1.74 bits per heavy atom. The van der Waals surface area contributed by atoms with E-state index in [0.717, 1.165) is 27.3 Å². The standard InChI is InChI=1S/C25H25ClN2O5S2/c26-20-8-6-18(7-9-20)21-10-11-22(34-21)35(31,32)27-25(23(29)30)16-24(25,19-4-2-1-3-5-19)17-28-12-14-33-15-13-28/h1-11,27H,12-17H2,(H,29,30)/t24-,25?/m1/s1. The quantitative estimate of drug-likeness (QED) is 0.457. The van der Waals surface area contributed by atoms with Crippen LogP contribution < -0.4 is 4.72 Å². The van der Waals surface area contributed by atoms with Crippen molar-refractivity contribution in [2.45, 2.75) is 21.6 Å². The maximum absolute atomic E-state index is 13.5. The highest BCUT2D eigenvalue weighted by Gasteiger charge is 2.75. The topological polar surface area (TPSA) is 95.9 Å². The van der Waals surface area contributed by atoms with Gasteiger partial charge in [-0.25, -0.2) is 8.42 Å². The van der Waals surface area contributed by atoms with Gasteiger partial charge in [0.1, 0.15) is 9.75 Å². The molecule has 35 heavy (non-hydrogen) atoms. The van der Waals surface area contributed by atoms with Crippen molar-refractivity contribution in [2.24, 2.45) is 0 Å². The molecule has 2 heterocycles. The minimum atomic E-state index is -4.10. The number of sulfonamides is 1. The van der Waals surface area contributed by atoms with Crippen LogP contribution in [-0.4, -0.2) is 62.8 Å². The number of nitrogens with zero attached hydrogens (tertiary/aromatic N) is 1. The molecule has 0 bridgehead atoms. The van der Waals surface area contributed by atoms with Crippen molar-refractivity contribution >= 4 is 38.9 Å². The third kappa shape index (κ3) is 4.52. The predicted octanol–water partition coefficient (Wildman–Crippen LogP) is 3.84. The Labute approximate surface area is 213 Å². The summed E-state index contributed by atoms with van der Waals surface area (Å²) in [5.41, 5.74) is -0.882. The van der Waals surface area contributed by atoms with Gasteiger partial charge in [-0.05, 0) is 41.8 Å². The zero-order chi connectivity index (χ0) is 24.7. The number of ether oxygens (including phenoxy) is 1. The molecule has 2 N–H and O–H groups in total. The van der Waals surface area contributed by atoms with Gasteiger partial charge in [0.05, 0.1) is 13.2 Å². The number of aliphatic carboxylic acids is 1. The minimum Gasteiger partial charge on any atom is -0.480 e. The molecular weight excluding hydrogens is 508 g/mol. The van der Waals surface area contributed by atoms with E-state index < -0.39 is 26.9 Å². The highest BCUT2D eigenvalue weighted by molar-refractivity contribution is 7.91. The number of rotatable bonds is 8. The number of hydrogen-bond donors (Lipinski definition) is 2. The van der Waals surface area contributed by atoms with Crippen molar-refractivity contribution in [3.8, 4) is 10.4 Å². The van der Waals surface area contributed by atoms with Crippen molar-refractivity contribution in [3.05, 3.63) is 77.3 Å². The van der Waals surface area contributed by atoms with Crippen LogP contribution in [0.25, 0.3) is 10.4 Å². The van der Waals surface area contributed by atoms with E-state index in [2.05, 4.69) is 9.62 Å². The molecule has 3 aromatic rings. The summed E-state index contributed by atoms with van der Waals surface area (Å²) in [7, 11) is -4.10. The second-order valence-electron chi connectivity index (χ2n) is 8.95. The molecule has 1 unspecified atom stereocenters.